The van der Waals surface area contributed by atoms with E-state index in [4.69, 9.17) is 4.74 Å². The van der Waals surface area contributed by atoms with Crippen molar-refractivity contribution < 1.29 is 33.2 Å². The molecule has 0 amide bonds. The number of rotatable bonds is 3. The van der Waals surface area contributed by atoms with Crippen molar-refractivity contribution in [1.82, 2.24) is 0 Å². The maximum Gasteiger partial charge on any atom is 0.102 e. The predicted molar refractivity (Wildman–Crippen MR) is 41.9 cm³/mol. The Bertz CT molecular complexity index is 102. The minimum atomic E-state index is 0. The van der Waals surface area contributed by atoms with Gasteiger partial charge in [0.25, 0.3) is 0 Å². The van der Waals surface area contributed by atoms with E-state index in [1.54, 1.807) is 7.11 Å². The van der Waals surface area contributed by atoms with Crippen molar-refractivity contribution >= 4 is 0 Å². The zero-order valence-electron chi connectivity index (χ0n) is 7.48. The van der Waals surface area contributed by atoms with Crippen LogP contribution in [0.3, 0.4) is 0 Å². The second-order valence-electron chi connectivity index (χ2n) is 3.49. The van der Waals surface area contributed by atoms with Gasteiger partial charge in [0.1, 0.15) is 6.54 Å². The van der Waals surface area contributed by atoms with E-state index in [0.717, 1.165) is 6.61 Å². The van der Waals surface area contributed by atoms with Gasteiger partial charge in [0.05, 0.1) is 26.7 Å². The van der Waals surface area contributed by atoms with Crippen molar-refractivity contribution in [1.29, 1.82) is 0 Å². The monoisotopic (exact) mass is 271 g/mol. The predicted octanol–water partition coefficient (Wildman–Crippen LogP) is -2.12. The van der Waals surface area contributed by atoms with E-state index < -0.39 is 0 Å². The lowest BCUT2D eigenvalue weighted by molar-refractivity contribution is -0.897. The van der Waals surface area contributed by atoms with Crippen molar-refractivity contribution in [3.63, 3.8) is 0 Å². The summed E-state index contributed by atoms with van der Waals surface area (Å²) in [5, 5.41) is 0. The van der Waals surface area contributed by atoms with Crippen LogP contribution in [-0.2, 0) is 4.74 Å². The van der Waals surface area contributed by atoms with Gasteiger partial charge in [-0.25, -0.2) is 0 Å². The number of ether oxygens (including phenoxy) is 1. The first-order valence-electron chi connectivity index (χ1n) is 4.09. The van der Waals surface area contributed by atoms with Gasteiger partial charge in [-0.1, -0.05) is 0 Å². The molecule has 1 heterocycles. The second-order valence-corrected chi connectivity index (χ2v) is 3.49. The number of hydrogen-bond donors (Lipinski definition) is 0. The Kier molecular flexibility index (Phi) is 5.64. The van der Waals surface area contributed by atoms with Crippen molar-refractivity contribution in [3.8, 4) is 0 Å². The molecule has 0 radical (unpaired) electrons. The maximum atomic E-state index is 5.05. The molecule has 0 bridgehead atoms. The normalized spacial score (nSPS) is 21.3. The molecule has 0 aromatic heterocycles. The first-order chi connectivity index (χ1) is 4.77. The Labute approximate surface area is 86.5 Å². The molecule has 3 heteroatoms. The van der Waals surface area contributed by atoms with Gasteiger partial charge in [-0.15, -0.1) is 0 Å². The van der Waals surface area contributed by atoms with Crippen molar-refractivity contribution in [2.45, 2.75) is 12.8 Å². The molecular weight excluding hydrogens is 253 g/mol. The van der Waals surface area contributed by atoms with Gasteiger partial charge in [0.2, 0.25) is 0 Å². The number of halogens is 1. The summed E-state index contributed by atoms with van der Waals surface area (Å²) >= 11 is 0. The molecule has 1 rings (SSSR count). The van der Waals surface area contributed by atoms with Crippen LogP contribution in [0.5, 0.6) is 0 Å². The molecule has 0 N–H and O–H groups in total. The van der Waals surface area contributed by atoms with Gasteiger partial charge in [0.15, 0.2) is 0 Å². The van der Waals surface area contributed by atoms with Crippen LogP contribution in [0.15, 0.2) is 0 Å². The summed E-state index contributed by atoms with van der Waals surface area (Å²) < 4.78 is 6.28. The quantitative estimate of drug-likeness (QED) is 0.421. The molecule has 0 unspecified atom stereocenters. The zero-order valence-corrected chi connectivity index (χ0v) is 9.63. The van der Waals surface area contributed by atoms with E-state index >= 15 is 0 Å². The van der Waals surface area contributed by atoms with Crippen molar-refractivity contribution in [3.05, 3.63) is 0 Å². The zero-order chi connectivity index (χ0) is 7.45. The molecule has 1 fully saturated rings. The highest BCUT2D eigenvalue weighted by Crippen LogP contribution is 2.15. The highest BCUT2D eigenvalue weighted by molar-refractivity contribution is 4.50. The van der Waals surface area contributed by atoms with Gasteiger partial charge in [-0.3, -0.25) is 0 Å². The van der Waals surface area contributed by atoms with E-state index in [1.807, 2.05) is 0 Å². The fraction of sp³-hybridized carbons (Fsp3) is 1.00. The summed E-state index contributed by atoms with van der Waals surface area (Å²) in [7, 11) is 4.11. The van der Waals surface area contributed by atoms with Crippen LogP contribution in [0.25, 0.3) is 0 Å². The Balaban J connectivity index is 0.000001000. The smallest absolute Gasteiger partial charge is 0.102 e. The highest BCUT2D eigenvalue weighted by atomic mass is 127. The van der Waals surface area contributed by atoms with Crippen LogP contribution in [0, 0.1) is 0 Å². The van der Waals surface area contributed by atoms with Crippen LogP contribution in [0.4, 0.5) is 0 Å². The number of quaternary nitrogens is 1. The Morgan fingerprint density at radius 3 is 2.27 bits per heavy atom. The van der Waals surface area contributed by atoms with Gasteiger partial charge >= 0.3 is 0 Å². The molecule has 0 atom stereocenters. The van der Waals surface area contributed by atoms with E-state index in [0.29, 0.717) is 0 Å². The van der Waals surface area contributed by atoms with E-state index in [2.05, 4.69) is 7.05 Å². The van der Waals surface area contributed by atoms with Crippen LogP contribution in [0.1, 0.15) is 12.8 Å². The third kappa shape index (κ3) is 3.71. The lowest BCUT2D eigenvalue weighted by atomic mass is 10.4. The average molecular weight is 271 g/mol. The van der Waals surface area contributed by atoms with Crippen LogP contribution in [-0.4, -0.2) is 44.9 Å². The average Bonchev–Trinajstić information content (AvgIpc) is 2.33. The lowest BCUT2D eigenvalue weighted by Gasteiger charge is -2.28. The molecule has 11 heavy (non-hydrogen) atoms. The van der Waals surface area contributed by atoms with Crippen molar-refractivity contribution in [2.75, 3.05) is 40.4 Å². The molecule has 1 aliphatic rings. The molecule has 1 aliphatic heterocycles. The summed E-state index contributed by atoms with van der Waals surface area (Å²) in [5.41, 5.74) is 0. The van der Waals surface area contributed by atoms with E-state index in [-0.39, 0.29) is 24.0 Å². The van der Waals surface area contributed by atoms with Gasteiger partial charge in [0, 0.05) is 20.0 Å². The Hall–Kier alpha value is 0.650. The molecule has 0 saturated carbocycles. The number of nitrogens with zero attached hydrogens (tertiary/aromatic N) is 1. The summed E-state index contributed by atoms with van der Waals surface area (Å²) in [6.07, 6.45) is 2.81. The minimum Gasteiger partial charge on any atom is -1.00 e. The van der Waals surface area contributed by atoms with Gasteiger partial charge in [-0.05, 0) is 0 Å². The second kappa shape index (κ2) is 5.32. The Morgan fingerprint density at radius 1 is 1.27 bits per heavy atom. The SMILES string of the molecule is COCC[N+]1(C)CCCC1.[I-]. The minimum absolute atomic E-state index is 0. The number of likely N-dealkylation sites (N-methyl/N-ethyl adjacent to an activating group) is 1. The molecule has 2 nitrogen and oxygen atoms in total. The first kappa shape index (κ1) is 11.6. The number of likely N-dealkylation sites (tertiary alicyclic amines) is 1. The maximum absolute atomic E-state index is 5.05. The largest absolute Gasteiger partial charge is 1.00 e. The Morgan fingerprint density at radius 2 is 1.82 bits per heavy atom. The molecule has 0 spiro atoms. The fourth-order valence-corrected chi connectivity index (χ4v) is 1.63. The number of hydrogen-bond acceptors (Lipinski definition) is 1. The lowest BCUT2D eigenvalue weighted by Crippen LogP contribution is -3.00. The molecule has 1 saturated heterocycles. The fourth-order valence-electron chi connectivity index (χ4n) is 1.63. The molecular formula is C8H18INO. The van der Waals surface area contributed by atoms with E-state index in [9.17, 15) is 0 Å². The standard InChI is InChI=1S/C8H18NO.HI/c1-9(7-8-10-2)5-3-4-6-9;/h3-8H2,1-2H3;1H/q+1;/p-1. The van der Waals surface area contributed by atoms with E-state index in [1.165, 1.54) is 37.0 Å². The number of methoxy groups -OCH3 is 1. The topological polar surface area (TPSA) is 9.23 Å². The summed E-state index contributed by atoms with van der Waals surface area (Å²) in [4.78, 5) is 0. The third-order valence-electron chi connectivity index (χ3n) is 2.48. The van der Waals surface area contributed by atoms with Gasteiger partial charge < -0.3 is 33.2 Å². The molecule has 0 aromatic rings. The van der Waals surface area contributed by atoms with Crippen LogP contribution < -0.4 is 24.0 Å². The van der Waals surface area contributed by atoms with Crippen LogP contribution >= 0.6 is 0 Å². The van der Waals surface area contributed by atoms with Crippen molar-refractivity contribution in [2.24, 2.45) is 0 Å². The summed E-state index contributed by atoms with van der Waals surface area (Å²) in [6.45, 7) is 4.81. The third-order valence-corrected chi connectivity index (χ3v) is 2.48. The summed E-state index contributed by atoms with van der Waals surface area (Å²) in [5.74, 6) is 0. The molecule has 0 aliphatic carbocycles. The first-order valence-corrected chi connectivity index (χ1v) is 4.09. The van der Waals surface area contributed by atoms with Crippen LogP contribution in [0.2, 0.25) is 0 Å². The highest BCUT2D eigenvalue weighted by Gasteiger charge is 2.25. The van der Waals surface area contributed by atoms with Gasteiger partial charge in [-0.2, -0.15) is 0 Å². The summed E-state index contributed by atoms with van der Waals surface area (Å²) in [6, 6.07) is 0. The molecule has 68 valence electrons. The molecule has 0 aromatic carbocycles.